The van der Waals surface area contributed by atoms with E-state index < -0.39 is 0 Å². The number of imidazole rings is 1. The highest BCUT2D eigenvalue weighted by atomic mass is 32.1. The Kier molecular flexibility index (Phi) is 3.12. The highest BCUT2D eigenvalue weighted by Gasteiger charge is 2.12. The second-order valence-corrected chi connectivity index (χ2v) is 5.12. The lowest BCUT2D eigenvalue weighted by Crippen LogP contribution is -2.17. The zero-order chi connectivity index (χ0) is 14.1. The third-order valence-corrected chi connectivity index (χ3v) is 3.27. The van der Waals surface area contributed by atoms with E-state index in [1.165, 1.54) is 0 Å². The molecule has 0 aliphatic rings. The Bertz CT molecular complexity index is 774. The number of nitrogens with zero attached hydrogens (tertiary/aromatic N) is 2. The molecule has 0 aliphatic carbocycles. The van der Waals surface area contributed by atoms with Crippen LogP contribution in [0.2, 0.25) is 0 Å². The van der Waals surface area contributed by atoms with Crippen molar-refractivity contribution in [3.8, 4) is 11.4 Å². The summed E-state index contributed by atoms with van der Waals surface area (Å²) in [5, 5.41) is 0. The maximum Gasteiger partial charge on any atom is 0.141 e. The summed E-state index contributed by atoms with van der Waals surface area (Å²) in [6, 6.07) is 15.6. The fourth-order valence-corrected chi connectivity index (χ4v) is 2.37. The monoisotopic (exact) mass is 282 g/mol. The van der Waals surface area contributed by atoms with Crippen LogP contribution in [0.1, 0.15) is 0 Å². The normalized spacial score (nSPS) is 10.8. The lowest BCUT2D eigenvalue weighted by Gasteiger charge is -2.08. The van der Waals surface area contributed by atoms with E-state index in [1.807, 2.05) is 53.1 Å². The zero-order valence-electron chi connectivity index (χ0n) is 10.8. The molecule has 0 saturated heterocycles. The molecule has 4 N–H and O–H groups in total. The van der Waals surface area contributed by atoms with Gasteiger partial charge in [-0.2, -0.15) is 0 Å². The number of nitrogen functional groups attached to an aromatic ring is 1. The molecule has 100 valence electrons. The lowest BCUT2D eigenvalue weighted by atomic mass is 10.2. The van der Waals surface area contributed by atoms with Crippen LogP contribution in [0.5, 0.6) is 0 Å². The number of thiocarbonyl (C=S) groups is 1. The predicted molar refractivity (Wildman–Crippen MR) is 86.4 cm³/mol. The van der Waals surface area contributed by atoms with Crippen molar-refractivity contribution < 1.29 is 0 Å². The molecule has 1 aromatic heterocycles. The van der Waals surface area contributed by atoms with Crippen molar-refractivity contribution in [2.75, 3.05) is 5.73 Å². The Hall–Kier alpha value is -2.40. The van der Waals surface area contributed by atoms with Gasteiger partial charge in [-0.15, -0.1) is 0 Å². The SMILES string of the molecule is NC(=S)Cn1c(-c2ccc(N)cc2)nc2ccccc21. The van der Waals surface area contributed by atoms with Gasteiger partial charge >= 0.3 is 0 Å². The van der Waals surface area contributed by atoms with Crippen molar-refractivity contribution >= 4 is 33.9 Å². The van der Waals surface area contributed by atoms with Gasteiger partial charge in [-0.1, -0.05) is 24.4 Å². The summed E-state index contributed by atoms with van der Waals surface area (Å²) in [6.45, 7) is 0.468. The van der Waals surface area contributed by atoms with Crippen LogP contribution < -0.4 is 11.5 Å². The maximum atomic E-state index is 5.73. The van der Waals surface area contributed by atoms with Crippen LogP contribution in [0.15, 0.2) is 48.5 Å². The number of para-hydroxylation sites is 2. The minimum absolute atomic E-state index is 0.435. The van der Waals surface area contributed by atoms with Gasteiger partial charge in [-0.3, -0.25) is 0 Å². The number of hydrogen-bond donors (Lipinski definition) is 2. The number of hydrogen-bond acceptors (Lipinski definition) is 3. The molecule has 0 fully saturated rings. The van der Waals surface area contributed by atoms with Crippen molar-refractivity contribution in [3.63, 3.8) is 0 Å². The molecule has 0 saturated carbocycles. The molecule has 4 nitrogen and oxygen atoms in total. The summed E-state index contributed by atoms with van der Waals surface area (Å²) in [4.78, 5) is 5.11. The van der Waals surface area contributed by atoms with E-state index in [0.29, 0.717) is 11.5 Å². The van der Waals surface area contributed by atoms with Crippen LogP contribution in [0.3, 0.4) is 0 Å². The van der Waals surface area contributed by atoms with Crippen molar-refractivity contribution in [1.82, 2.24) is 9.55 Å². The van der Waals surface area contributed by atoms with Crippen molar-refractivity contribution in [1.29, 1.82) is 0 Å². The van der Waals surface area contributed by atoms with Gasteiger partial charge in [0.05, 0.1) is 22.6 Å². The third kappa shape index (κ3) is 2.23. The number of aromatic nitrogens is 2. The van der Waals surface area contributed by atoms with Crippen molar-refractivity contribution in [3.05, 3.63) is 48.5 Å². The van der Waals surface area contributed by atoms with Crippen LogP contribution in [0.4, 0.5) is 5.69 Å². The van der Waals surface area contributed by atoms with E-state index in [1.54, 1.807) is 0 Å². The Balaban J connectivity index is 2.23. The van der Waals surface area contributed by atoms with E-state index in [0.717, 1.165) is 28.1 Å². The Morgan fingerprint density at radius 3 is 2.50 bits per heavy atom. The van der Waals surface area contributed by atoms with Gasteiger partial charge in [0.2, 0.25) is 0 Å². The van der Waals surface area contributed by atoms with E-state index in [4.69, 9.17) is 23.7 Å². The summed E-state index contributed by atoms with van der Waals surface area (Å²) in [7, 11) is 0. The van der Waals surface area contributed by atoms with Gasteiger partial charge in [0, 0.05) is 11.3 Å². The average molecular weight is 282 g/mol. The topological polar surface area (TPSA) is 69.9 Å². The smallest absolute Gasteiger partial charge is 0.141 e. The lowest BCUT2D eigenvalue weighted by molar-refractivity contribution is 0.895. The molecule has 0 bridgehead atoms. The highest BCUT2D eigenvalue weighted by molar-refractivity contribution is 7.80. The van der Waals surface area contributed by atoms with Gasteiger partial charge in [0.25, 0.3) is 0 Å². The molecule has 0 unspecified atom stereocenters. The first kappa shape index (κ1) is 12.6. The summed E-state index contributed by atoms with van der Waals surface area (Å²) in [5.41, 5.74) is 15.1. The molecule has 0 radical (unpaired) electrons. The Labute approximate surface area is 122 Å². The largest absolute Gasteiger partial charge is 0.399 e. The number of rotatable bonds is 3. The van der Waals surface area contributed by atoms with Crippen molar-refractivity contribution in [2.24, 2.45) is 5.73 Å². The molecule has 2 aromatic carbocycles. The minimum atomic E-state index is 0.435. The van der Waals surface area contributed by atoms with Gasteiger partial charge in [-0.05, 0) is 36.4 Å². The first-order valence-electron chi connectivity index (χ1n) is 6.24. The first-order chi connectivity index (χ1) is 9.65. The molecule has 0 spiro atoms. The second kappa shape index (κ2) is 4.94. The molecule has 20 heavy (non-hydrogen) atoms. The summed E-state index contributed by atoms with van der Waals surface area (Å²) >= 11 is 5.05. The third-order valence-electron chi connectivity index (χ3n) is 3.14. The quantitative estimate of drug-likeness (QED) is 0.572. The standard InChI is InChI=1S/C15H14N4S/c16-11-7-5-10(6-8-11)15-18-12-3-1-2-4-13(12)19(15)9-14(17)20/h1-8H,9,16H2,(H2,17,20). The summed E-state index contributed by atoms with van der Waals surface area (Å²) in [6.07, 6.45) is 0. The summed E-state index contributed by atoms with van der Waals surface area (Å²) in [5.74, 6) is 0.846. The van der Waals surface area contributed by atoms with Crippen LogP contribution in [-0.2, 0) is 6.54 Å². The molecular weight excluding hydrogens is 268 g/mol. The maximum absolute atomic E-state index is 5.73. The van der Waals surface area contributed by atoms with Gasteiger partial charge in [-0.25, -0.2) is 4.98 Å². The zero-order valence-corrected chi connectivity index (χ0v) is 11.6. The molecule has 0 amide bonds. The number of benzene rings is 2. The van der Waals surface area contributed by atoms with Gasteiger partial charge in [0.1, 0.15) is 5.82 Å². The van der Waals surface area contributed by atoms with Crippen molar-refractivity contribution in [2.45, 2.75) is 6.54 Å². The Morgan fingerprint density at radius 1 is 1.10 bits per heavy atom. The number of fused-ring (bicyclic) bond motifs is 1. The molecule has 0 aliphatic heterocycles. The Morgan fingerprint density at radius 2 is 1.80 bits per heavy atom. The average Bonchev–Trinajstić information content (AvgIpc) is 2.78. The summed E-state index contributed by atoms with van der Waals surface area (Å²) < 4.78 is 2.03. The molecule has 5 heteroatoms. The van der Waals surface area contributed by atoms with Crippen LogP contribution >= 0.6 is 12.2 Å². The molecule has 1 heterocycles. The number of nitrogens with two attached hydrogens (primary N) is 2. The van der Waals surface area contributed by atoms with Gasteiger partial charge < -0.3 is 16.0 Å². The fraction of sp³-hybridized carbons (Fsp3) is 0.0667. The number of anilines is 1. The predicted octanol–water partition coefficient (Wildman–Crippen LogP) is 2.57. The fourth-order valence-electron chi connectivity index (χ4n) is 2.24. The molecular formula is C15H14N4S. The molecule has 0 atom stereocenters. The van der Waals surface area contributed by atoms with Crippen LogP contribution in [0.25, 0.3) is 22.4 Å². The van der Waals surface area contributed by atoms with E-state index >= 15 is 0 Å². The highest BCUT2D eigenvalue weighted by Crippen LogP contribution is 2.25. The van der Waals surface area contributed by atoms with Crippen LogP contribution in [-0.4, -0.2) is 14.5 Å². The first-order valence-corrected chi connectivity index (χ1v) is 6.65. The van der Waals surface area contributed by atoms with E-state index in [-0.39, 0.29) is 0 Å². The van der Waals surface area contributed by atoms with Crippen LogP contribution in [0, 0.1) is 0 Å². The molecule has 3 aromatic rings. The minimum Gasteiger partial charge on any atom is -0.399 e. The second-order valence-electron chi connectivity index (χ2n) is 4.60. The van der Waals surface area contributed by atoms with E-state index in [9.17, 15) is 0 Å². The van der Waals surface area contributed by atoms with Gasteiger partial charge in [0.15, 0.2) is 0 Å². The van der Waals surface area contributed by atoms with E-state index in [2.05, 4.69) is 4.98 Å². The molecule has 3 rings (SSSR count).